The average molecular weight is 315 g/mol. The van der Waals surface area contributed by atoms with Crippen LogP contribution in [0.2, 0.25) is 0 Å². The smallest absolute Gasteiger partial charge is 0.184 e. The first kappa shape index (κ1) is 14.5. The van der Waals surface area contributed by atoms with Crippen molar-refractivity contribution in [1.29, 1.82) is 0 Å². The lowest BCUT2D eigenvalue weighted by Crippen LogP contribution is -2.06. The molecule has 0 aliphatic rings. The zero-order valence-corrected chi connectivity index (χ0v) is 13.6. The van der Waals surface area contributed by atoms with Gasteiger partial charge >= 0.3 is 0 Å². The summed E-state index contributed by atoms with van der Waals surface area (Å²) in [6.45, 7) is 5.07. The second kappa shape index (κ2) is 7.06. The number of hydrogen-bond acceptors (Lipinski definition) is 8. The third kappa shape index (κ3) is 4.05. The number of aromatic nitrogens is 3. The fourth-order valence-corrected chi connectivity index (χ4v) is 3.85. The van der Waals surface area contributed by atoms with Gasteiger partial charge in [-0.1, -0.05) is 0 Å². The Morgan fingerprint density at radius 3 is 2.68 bits per heavy atom. The van der Waals surface area contributed by atoms with Crippen molar-refractivity contribution in [2.45, 2.75) is 19.6 Å². The van der Waals surface area contributed by atoms with Gasteiger partial charge in [-0.2, -0.15) is 20.5 Å². The van der Waals surface area contributed by atoms with E-state index in [1.165, 1.54) is 21.6 Å². The second-order valence-electron chi connectivity index (χ2n) is 3.94. The van der Waals surface area contributed by atoms with E-state index in [0.29, 0.717) is 0 Å². The molecule has 0 aliphatic heterocycles. The van der Waals surface area contributed by atoms with Crippen molar-refractivity contribution in [3.05, 3.63) is 15.6 Å². The van der Waals surface area contributed by atoms with Gasteiger partial charge in [0.15, 0.2) is 11.6 Å². The predicted molar refractivity (Wildman–Crippen MR) is 85.7 cm³/mol. The summed E-state index contributed by atoms with van der Waals surface area (Å²) >= 11 is 4.89. The Kier molecular flexibility index (Phi) is 5.41. The van der Waals surface area contributed by atoms with Crippen LogP contribution in [0.3, 0.4) is 0 Å². The molecule has 2 aromatic heterocycles. The molecule has 0 fully saturated rings. The van der Waals surface area contributed by atoms with Crippen LogP contribution in [0.4, 0.5) is 11.6 Å². The zero-order chi connectivity index (χ0) is 13.7. The molecule has 0 amide bonds. The highest BCUT2D eigenvalue weighted by molar-refractivity contribution is 7.98. The monoisotopic (exact) mass is 315 g/mol. The molecule has 2 rings (SSSR count). The lowest BCUT2D eigenvalue weighted by Gasteiger charge is -2.03. The van der Waals surface area contributed by atoms with Gasteiger partial charge in [0.1, 0.15) is 5.01 Å². The molecule has 0 aromatic carbocycles. The quantitative estimate of drug-likeness (QED) is 0.766. The highest BCUT2D eigenvalue weighted by Gasteiger charge is 2.05. The van der Waals surface area contributed by atoms with Gasteiger partial charge in [0.25, 0.3) is 0 Å². The van der Waals surface area contributed by atoms with Crippen molar-refractivity contribution in [2.75, 3.05) is 30.0 Å². The van der Waals surface area contributed by atoms with Crippen molar-refractivity contribution in [3.63, 3.8) is 0 Å². The Balaban J connectivity index is 1.67. The molecule has 19 heavy (non-hydrogen) atoms. The van der Waals surface area contributed by atoms with E-state index in [1.807, 2.05) is 18.8 Å². The van der Waals surface area contributed by atoms with E-state index < -0.39 is 0 Å². The highest BCUT2D eigenvalue weighted by Crippen LogP contribution is 2.21. The Hall–Kier alpha value is -0.860. The largest absolute Gasteiger partial charge is 0.369 e. The first-order chi connectivity index (χ1) is 9.20. The minimum Gasteiger partial charge on any atom is -0.369 e. The molecule has 0 unspecified atom stereocenters. The zero-order valence-electron chi connectivity index (χ0n) is 11.2. The number of thioether (sulfide) groups is 1. The van der Waals surface area contributed by atoms with Crippen LogP contribution in [0.1, 0.15) is 15.6 Å². The van der Waals surface area contributed by atoms with E-state index in [2.05, 4.69) is 38.2 Å². The summed E-state index contributed by atoms with van der Waals surface area (Å²) in [5.74, 6) is 3.67. The molecule has 0 spiro atoms. The van der Waals surface area contributed by atoms with Gasteiger partial charge in [0, 0.05) is 30.0 Å². The summed E-state index contributed by atoms with van der Waals surface area (Å²) < 4.78 is 8.33. The Morgan fingerprint density at radius 1 is 1.21 bits per heavy atom. The van der Waals surface area contributed by atoms with Crippen molar-refractivity contribution >= 4 is 46.5 Å². The maximum Gasteiger partial charge on any atom is 0.184 e. The molecule has 0 saturated heterocycles. The molecule has 2 heterocycles. The SMILES string of the molecule is CNc1nsnc1NCCSCc1nc(C)c(C)s1. The average Bonchev–Trinajstić information content (AvgIpc) is 2.96. The summed E-state index contributed by atoms with van der Waals surface area (Å²) in [6.07, 6.45) is 0. The molecule has 0 saturated carbocycles. The number of thiazole rings is 1. The van der Waals surface area contributed by atoms with Gasteiger partial charge in [-0.05, 0) is 13.8 Å². The Morgan fingerprint density at radius 2 is 2.00 bits per heavy atom. The van der Waals surface area contributed by atoms with Crippen molar-refractivity contribution < 1.29 is 0 Å². The lowest BCUT2D eigenvalue weighted by molar-refractivity contribution is 1.16. The molecular formula is C11H17N5S3. The maximum atomic E-state index is 4.53. The Labute approximate surface area is 125 Å². The van der Waals surface area contributed by atoms with Crippen LogP contribution in [0.25, 0.3) is 0 Å². The van der Waals surface area contributed by atoms with Crippen LogP contribution in [0.5, 0.6) is 0 Å². The summed E-state index contributed by atoms with van der Waals surface area (Å²) in [5.41, 5.74) is 1.16. The third-order valence-electron chi connectivity index (χ3n) is 2.56. The van der Waals surface area contributed by atoms with Gasteiger partial charge in [-0.15, -0.1) is 11.3 Å². The van der Waals surface area contributed by atoms with Crippen molar-refractivity contribution in [1.82, 2.24) is 13.7 Å². The maximum absolute atomic E-state index is 4.53. The second-order valence-corrected chi connectivity index (χ2v) is 6.86. The Bertz CT molecular complexity index is 503. The number of aryl methyl sites for hydroxylation is 2. The molecule has 8 heteroatoms. The fraction of sp³-hybridized carbons (Fsp3) is 0.545. The molecule has 2 N–H and O–H groups in total. The van der Waals surface area contributed by atoms with E-state index in [-0.39, 0.29) is 0 Å². The topological polar surface area (TPSA) is 62.7 Å². The minimum absolute atomic E-state index is 0.821. The van der Waals surface area contributed by atoms with Gasteiger partial charge in [-0.3, -0.25) is 0 Å². The number of rotatable bonds is 7. The summed E-state index contributed by atoms with van der Waals surface area (Å²) in [5, 5.41) is 7.51. The van der Waals surface area contributed by atoms with Gasteiger partial charge in [0.05, 0.1) is 17.4 Å². The molecule has 0 radical (unpaired) electrons. The van der Waals surface area contributed by atoms with Crippen molar-refractivity contribution in [2.24, 2.45) is 0 Å². The van der Waals surface area contributed by atoms with Gasteiger partial charge in [0.2, 0.25) is 0 Å². The number of nitrogens with zero attached hydrogens (tertiary/aromatic N) is 3. The summed E-state index contributed by atoms with van der Waals surface area (Å²) in [6, 6.07) is 0. The predicted octanol–water partition coefficient (Wildman–Crippen LogP) is 3.00. The van der Waals surface area contributed by atoms with E-state index >= 15 is 0 Å². The minimum atomic E-state index is 0.821. The number of anilines is 2. The highest BCUT2D eigenvalue weighted by atomic mass is 32.2. The molecule has 0 aliphatic carbocycles. The fourth-order valence-electron chi connectivity index (χ4n) is 1.47. The molecule has 0 atom stereocenters. The van der Waals surface area contributed by atoms with Crippen LogP contribution in [-0.2, 0) is 5.75 Å². The first-order valence-electron chi connectivity index (χ1n) is 5.95. The summed E-state index contributed by atoms with van der Waals surface area (Å²) in [4.78, 5) is 5.85. The van der Waals surface area contributed by atoms with E-state index in [1.54, 1.807) is 11.3 Å². The van der Waals surface area contributed by atoms with E-state index in [0.717, 1.165) is 35.4 Å². The van der Waals surface area contributed by atoms with Crippen LogP contribution >= 0.6 is 34.8 Å². The molecular weight excluding hydrogens is 298 g/mol. The molecule has 5 nitrogen and oxygen atoms in total. The standard InChI is InChI=1S/C11H17N5S3/c1-7-8(2)18-9(14-7)6-17-5-4-13-11-10(12-3)15-19-16-11/h4-6H2,1-3H3,(H,12,15)(H,13,16). The summed E-state index contributed by atoms with van der Waals surface area (Å²) in [7, 11) is 1.85. The van der Waals surface area contributed by atoms with Crippen LogP contribution < -0.4 is 10.6 Å². The lowest BCUT2D eigenvalue weighted by atomic mass is 10.4. The normalized spacial score (nSPS) is 10.7. The molecule has 2 aromatic rings. The van der Waals surface area contributed by atoms with Gasteiger partial charge < -0.3 is 10.6 Å². The van der Waals surface area contributed by atoms with Crippen LogP contribution in [-0.4, -0.2) is 33.1 Å². The molecule has 0 bridgehead atoms. The first-order valence-corrected chi connectivity index (χ1v) is 8.65. The van der Waals surface area contributed by atoms with Crippen LogP contribution in [0.15, 0.2) is 0 Å². The van der Waals surface area contributed by atoms with E-state index in [9.17, 15) is 0 Å². The van der Waals surface area contributed by atoms with Gasteiger partial charge in [-0.25, -0.2) is 4.98 Å². The van der Waals surface area contributed by atoms with Crippen LogP contribution in [0, 0.1) is 13.8 Å². The van der Waals surface area contributed by atoms with Crippen molar-refractivity contribution in [3.8, 4) is 0 Å². The number of nitrogens with one attached hydrogen (secondary N) is 2. The molecule has 104 valence electrons. The van der Waals surface area contributed by atoms with E-state index in [4.69, 9.17) is 0 Å². The third-order valence-corrected chi connectivity index (χ3v) is 5.32. The number of hydrogen-bond donors (Lipinski definition) is 2.